The lowest BCUT2D eigenvalue weighted by atomic mass is 9.99. The van der Waals surface area contributed by atoms with Crippen molar-refractivity contribution in [3.05, 3.63) is 60.8 Å². The third kappa shape index (κ3) is 53.4. The fraction of sp³-hybridized carbons (Fsp3) is 0.855. The number of unbranched alkanes of at least 4 members (excludes halogenated alkanes) is 47. The summed E-state index contributed by atoms with van der Waals surface area (Å²) in [5.41, 5.74) is 0. The van der Waals surface area contributed by atoms with Gasteiger partial charge in [0.2, 0.25) is 5.91 Å². The van der Waals surface area contributed by atoms with Crippen LogP contribution in [0.15, 0.2) is 60.8 Å². The number of rotatable bonds is 65. The molecule has 0 saturated carbocycles. The maximum absolute atomic E-state index is 13.1. The van der Waals surface area contributed by atoms with Crippen molar-refractivity contribution in [3.63, 3.8) is 0 Å². The fourth-order valence-electron chi connectivity index (χ4n) is 11.8. The molecule has 1 fully saturated rings. The predicted molar refractivity (Wildman–Crippen MR) is 364 cm³/mol. The lowest BCUT2D eigenvalue weighted by molar-refractivity contribution is -0.302. The van der Waals surface area contributed by atoms with E-state index in [1.165, 1.54) is 289 Å². The summed E-state index contributed by atoms with van der Waals surface area (Å²) in [6.45, 7) is 3.80. The molecule has 7 atom stereocenters. The minimum atomic E-state index is -1.57. The molecule has 9 heteroatoms. The standard InChI is InChI=1S/C76H141NO8/c1-3-5-7-9-11-13-15-17-19-21-23-25-27-29-31-33-35-37-39-41-43-45-47-49-51-53-55-57-59-61-63-65-70(79)69(68-84-76-75(83)74(82)73(81)71(67-78)85-76)77-72(80)66-64-62-60-58-56-54-52-50-48-46-44-42-40-38-36-34-32-30-28-26-24-22-20-18-16-14-12-10-8-6-4-2/h16,18,22,24,28,30,55,57,63,65,69-71,73-76,78-79,81-83H,3-15,17,19-21,23,25-27,29,31-54,56,58-62,64,66-68H2,1-2H3,(H,77,80)/b18-16-,24-22-,30-28-,57-55+,65-63+. The minimum Gasteiger partial charge on any atom is -0.394 e. The number of allylic oxidation sites excluding steroid dienone is 9. The maximum atomic E-state index is 13.1. The molecular weight excluding hydrogens is 1050 g/mol. The van der Waals surface area contributed by atoms with Gasteiger partial charge in [-0.15, -0.1) is 0 Å². The van der Waals surface area contributed by atoms with Crippen LogP contribution >= 0.6 is 0 Å². The zero-order valence-corrected chi connectivity index (χ0v) is 55.9. The average Bonchev–Trinajstić information content (AvgIpc) is 3.54. The van der Waals surface area contributed by atoms with Crippen LogP contribution in [0.4, 0.5) is 0 Å². The minimum absolute atomic E-state index is 0.182. The van der Waals surface area contributed by atoms with Crippen LogP contribution in [-0.4, -0.2) is 87.5 Å². The first kappa shape index (κ1) is 80.9. The van der Waals surface area contributed by atoms with Gasteiger partial charge in [0.1, 0.15) is 24.4 Å². The van der Waals surface area contributed by atoms with Crippen molar-refractivity contribution in [2.45, 2.75) is 403 Å². The van der Waals surface area contributed by atoms with E-state index in [9.17, 15) is 30.3 Å². The predicted octanol–water partition coefficient (Wildman–Crippen LogP) is 20.5. The van der Waals surface area contributed by atoms with Gasteiger partial charge in [0.25, 0.3) is 0 Å². The Labute approximate surface area is 526 Å². The molecule has 0 aromatic heterocycles. The van der Waals surface area contributed by atoms with Crippen molar-refractivity contribution >= 4 is 5.91 Å². The summed E-state index contributed by atoms with van der Waals surface area (Å²) in [4.78, 5) is 13.1. The number of ether oxygens (including phenoxy) is 2. The Morgan fingerprint density at radius 2 is 0.706 bits per heavy atom. The van der Waals surface area contributed by atoms with Gasteiger partial charge in [-0.05, 0) is 70.6 Å². The number of amides is 1. The van der Waals surface area contributed by atoms with Gasteiger partial charge in [0.05, 0.1) is 25.4 Å². The molecule has 0 spiro atoms. The van der Waals surface area contributed by atoms with Crippen LogP contribution < -0.4 is 5.32 Å². The Morgan fingerprint density at radius 3 is 1.07 bits per heavy atom. The topological polar surface area (TPSA) is 149 Å². The molecule has 0 aliphatic carbocycles. The second-order valence-electron chi connectivity index (χ2n) is 25.7. The Balaban J connectivity index is 2.13. The van der Waals surface area contributed by atoms with Crippen molar-refractivity contribution in [1.29, 1.82) is 0 Å². The summed E-state index contributed by atoms with van der Waals surface area (Å²) < 4.78 is 11.3. The molecule has 1 rings (SSSR count). The molecule has 0 aromatic rings. The third-order valence-electron chi connectivity index (χ3n) is 17.6. The molecule has 6 N–H and O–H groups in total. The number of carbonyl (C=O) groups excluding carboxylic acids is 1. The van der Waals surface area contributed by atoms with Gasteiger partial charge in [0.15, 0.2) is 6.29 Å². The second-order valence-corrected chi connectivity index (χ2v) is 25.7. The Hall–Kier alpha value is -2.11. The summed E-state index contributed by atoms with van der Waals surface area (Å²) in [6.07, 6.45) is 83.4. The van der Waals surface area contributed by atoms with Gasteiger partial charge in [-0.25, -0.2) is 0 Å². The Bertz CT molecular complexity index is 1530. The van der Waals surface area contributed by atoms with Crippen molar-refractivity contribution in [1.82, 2.24) is 5.32 Å². The van der Waals surface area contributed by atoms with E-state index < -0.39 is 49.5 Å². The first-order chi connectivity index (χ1) is 41.8. The fourth-order valence-corrected chi connectivity index (χ4v) is 11.8. The highest BCUT2D eigenvalue weighted by Gasteiger charge is 2.44. The van der Waals surface area contributed by atoms with Crippen LogP contribution in [0.5, 0.6) is 0 Å². The molecule has 1 saturated heterocycles. The zero-order valence-electron chi connectivity index (χ0n) is 55.9. The Morgan fingerprint density at radius 1 is 0.400 bits per heavy atom. The number of hydrogen-bond donors (Lipinski definition) is 6. The molecule has 498 valence electrons. The highest BCUT2D eigenvalue weighted by molar-refractivity contribution is 5.76. The summed E-state index contributed by atoms with van der Waals surface area (Å²) in [6, 6.07) is -0.825. The van der Waals surface area contributed by atoms with E-state index >= 15 is 0 Å². The van der Waals surface area contributed by atoms with Crippen molar-refractivity contribution in [2.24, 2.45) is 0 Å². The summed E-state index contributed by atoms with van der Waals surface area (Å²) in [5, 5.41) is 54.8. The SMILES string of the molecule is CCCCCCC/C=C\C/C=C\C/C=C\CCCCCCCCCCCCCCCCCCC(=O)NC(COC1OC(CO)C(O)C(O)C1O)C(O)/C=C/CC/C=C/CCCCCCCCCCCCCCCCCCCCCCCCCCC. The third-order valence-corrected chi connectivity index (χ3v) is 17.6. The van der Waals surface area contributed by atoms with Crippen LogP contribution in [0.25, 0.3) is 0 Å². The van der Waals surface area contributed by atoms with E-state index in [4.69, 9.17) is 9.47 Å². The lowest BCUT2D eigenvalue weighted by Crippen LogP contribution is -2.60. The quantitative estimate of drug-likeness (QED) is 0.0261. The zero-order chi connectivity index (χ0) is 61.4. The van der Waals surface area contributed by atoms with Crippen LogP contribution in [0, 0.1) is 0 Å². The number of aliphatic hydroxyl groups excluding tert-OH is 5. The lowest BCUT2D eigenvalue weighted by Gasteiger charge is -2.40. The maximum Gasteiger partial charge on any atom is 0.220 e. The number of carbonyl (C=O) groups is 1. The van der Waals surface area contributed by atoms with Crippen LogP contribution in [0.1, 0.15) is 361 Å². The molecule has 1 amide bonds. The van der Waals surface area contributed by atoms with E-state index in [1.807, 2.05) is 6.08 Å². The monoisotopic (exact) mass is 1200 g/mol. The number of aliphatic hydroxyl groups is 5. The van der Waals surface area contributed by atoms with Gasteiger partial charge in [-0.3, -0.25) is 4.79 Å². The average molecular weight is 1200 g/mol. The van der Waals surface area contributed by atoms with Gasteiger partial charge in [-0.1, -0.05) is 344 Å². The summed E-state index contributed by atoms with van der Waals surface area (Å²) in [5.74, 6) is -0.182. The molecule has 85 heavy (non-hydrogen) atoms. The van der Waals surface area contributed by atoms with Crippen molar-refractivity contribution in [3.8, 4) is 0 Å². The highest BCUT2D eigenvalue weighted by Crippen LogP contribution is 2.23. The van der Waals surface area contributed by atoms with Crippen LogP contribution in [0.3, 0.4) is 0 Å². The first-order valence-corrected chi connectivity index (χ1v) is 37.0. The van der Waals surface area contributed by atoms with E-state index in [1.54, 1.807) is 6.08 Å². The van der Waals surface area contributed by atoms with E-state index in [-0.39, 0.29) is 12.5 Å². The smallest absolute Gasteiger partial charge is 0.220 e. The molecule has 9 nitrogen and oxygen atoms in total. The molecule has 0 aromatic carbocycles. The van der Waals surface area contributed by atoms with Crippen molar-refractivity contribution < 1.29 is 39.8 Å². The molecule has 0 bridgehead atoms. The molecule has 7 unspecified atom stereocenters. The largest absolute Gasteiger partial charge is 0.394 e. The number of nitrogens with one attached hydrogen (secondary N) is 1. The summed E-state index contributed by atoms with van der Waals surface area (Å²) in [7, 11) is 0. The van der Waals surface area contributed by atoms with Crippen molar-refractivity contribution in [2.75, 3.05) is 13.2 Å². The number of hydrogen-bond acceptors (Lipinski definition) is 8. The Kier molecular flexibility index (Phi) is 61.7. The second kappa shape index (κ2) is 64.9. The van der Waals surface area contributed by atoms with E-state index in [0.29, 0.717) is 6.42 Å². The van der Waals surface area contributed by atoms with Gasteiger partial charge < -0.3 is 40.3 Å². The molecule has 1 aliphatic rings. The first-order valence-electron chi connectivity index (χ1n) is 37.0. The van der Waals surface area contributed by atoms with Gasteiger partial charge >= 0.3 is 0 Å². The summed E-state index contributed by atoms with van der Waals surface area (Å²) >= 11 is 0. The highest BCUT2D eigenvalue weighted by atomic mass is 16.7. The molecule has 1 aliphatic heterocycles. The molecular formula is C76H141NO8. The molecule has 1 heterocycles. The van der Waals surface area contributed by atoms with Crippen LogP contribution in [-0.2, 0) is 14.3 Å². The molecule has 0 radical (unpaired) electrons. The van der Waals surface area contributed by atoms with Crippen LogP contribution in [0.2, 0.25) is 0 Å². The normalized spacial score (nSPS) is 18.4. The van der Waals surface area contributed by atoms with E-state index in [2.05, 4.69) is 67.8 Å². The van der Waals surface area contributed by atoms with Gasteiger partial charge in [0, 0.05) is 6.42 Å². The van der Waals surface area contributed by atoms with Gasteiger partial charge in [-0.2, -0.15) is 0 Å². The van der Waals surface area contributed by atoms with E-state index in [0.717, 1.165) is 51.4 Å².